The van der Waals surface area contributed by atoms with Gasteiger partial charge in [0.2, 0.25) is 0 Å². The van der Waals surface area contributed by atoms with Gasteiger partial charge in [0.1, 0.15) is 0 Å². The normalized spacial score (nSPS) is 18.1. The van der Waals surface area contributed by atoms with E-state index in [0.717, 1.165) is 49.2 Å². The first-order valence-electron chi connectivity index (χ1n) is 7.70. The van der Waals surface area contributed by atoms with Crippen molar-refractivity contribution < 1.29 is 14.7 Å². The van der Waals surface area contributed by atoms with Crippen LogP contribution in [0.2, 0.25) is 0 Å². The third-order valence-electron chi connectivity index (χ3n) is 3.36. The Kier molecular flexibility index (Phi) is 6.40. The number of rotatable bonds is 7. The molecule has 0 aromatic heterocycles. The van der Waals surface area contributed by atoms with Crippen molar-refractivity contribution in [3.63, 3.8) is 0 Å². The van der Waals surface area contributed by atoms with Crippen LogP contribution in [0.5, 0.6) is 0 Å². The summed E-state index contributed by atoms with van der Waals surface area (Å²) in [7, 11) is 0. The molecule has 1 saturated heterocycles. The van der Waals surface area contributed by atoms with Crippen LogP contribution in [0.3, 0.4) is 0 Å². The van der Waals surface area contributed by atoms with E-state index in [-0.39, 0.29) is 10.8 Å². The number of aliphatic imine (C=N–C) groups is 1. The molecule has 0 radical (unpaired) electrons. The number of carbonyl (C=O) groups excluding carboxylic acids is 1. The van der Waals surface area contributed by atoms with Gasteiger partial charge < -0.3 is 5.11 Å². The lowest BCUT2D eigenvalue weighted by Crippen LogP contribution is -2.30. The standard InChI is InChI=1S/C17H20N2O3S/c1-2-3-4-8-11-19-16(22)14(12-15(20)21)23-17(19)18-13-9-6-5-7-10-13/h5-7,9-10,12H,2-4,8,11H2,1H3,(H,20,21)/b14-12-,18-17?. The molecule has 0 atom stereocenters. The Bertz CT molecular complexity index is 626. The highest BCUT2D eigenvalue weighted by Gasteiger charge is 2.33. The number of amides is 1. The molecular weight excluding hydrogens is 312 g/mol. The van der Waals surface area contributed by atoms with Crippen LogP contribution >= 0.6 is 11.8 Å². The Morgan fingerprint density at radius 1 is 1.26 bits per heavy atom. The Morgan fingerprint density at radius 2 is 2.00 bits per heavy atom. The second-order valence-corrected chi connectivity index (χ2v) is 6.21. The highest BCUT2D eigenvalue weighted by molar-refractivity contribution is 8.18. The van der Waals surface area contributed by atoms with E-state index in [2.05, 4.69) is 11.9 Å². The lowest BCUT2D eigenvalue weighted by molar-refractivity contribution is -0.132. The quantitative estimate of drug-likeness (QED) is 0.609. The third-order valence-corrected chi connectivity index (χ3v) is 4.37. The summed E-state index contributed by atoms with van der Waals surface area (Å²) in [5.41, 5.74) is 0.748. The van der Waals surface area contributed by atoms with E-state index in [9.17, 15) is 9.59 Å². The van der Waals surface area contributed by atoms with Crippen molar-refractivity contribution in [3.8, 4) is 0 Å². The number of carboxylic acid groups (broad SMARTS) is 1. The Morgan fingerprint density at radius 3 is 2.65 bits per heavy atom. The number of benzene rings is 1. The number of nitrogens with zero attached hydrogens (tertiary/aromatic N) is 2. The molecule has 1 aromatic rings. The lowest BCUT2D eigenvalue weighted by Gasteiger charge is -2.15. The van der Waals surface area contributed by atoms with Crippen LogP contribution < -0.4 is 0 Å². The summed E-state index contributed by atoms with van der Waals surface area (Å²) in [5, 5.41) is 9.45. The van der Waals surface area contributed by atoms with Crippen LogP contribution in [0, 0.1) is 0 Å². The smallest absolute Gasteiger partial charge is 0.329 e. The summed E-state index contributed by atoms with van der Waals surface area (Å²) in [6.07, 6.45) is 5.13. The number of unbranched alkanes of at least 4 members (excludes halogenated alkanes) is 3. The molecule has 1 heterocycles. The van der Waals surface area contributed by atoms with Crippen molar-refractivity contribution in [2.75, 3.05) is 6.54 Å². The van der Waals surface area contributed by atoms with E-state index in [4.69, 9.17) is 5.11 Å². The number of carboxylic acids is 1. The van der Waals surface area contributed by atoms with E-state index >= 15 is 0 Å². The van der Waals surface area contributed by atoms with Gasteiger partial charge in [-0.15, -0.1) is 0 Å². The van der Waals surface area contributed by atoms with E-state index in [1.807, 2.05) is 30.3 Å². The number of para-hydroxylation sites is 1. The van der Waals surface area contributed by atoms with Gasteiger partial charge in [-0.1, -0.05) is 44.4 Å². The Labute approximate surface area is 140 Å². The first-order valence-corrected chi connectivity index (χ1v) is 8.51. The van der Waals surface area contributed by atoms with E-state index in [1.54, 1.807) is 4.90 Å². The molecule has 1 N–H and O–H groups in total. The highest BCUT2D eigenvalue weighted by atomic mass is 32.2. The maximum absolute atomic E-state index is 12.4. The van der Waals surface area contributed by atoms with Crippen molar-refractivity contribution in [2.24, 2.45) is 4.99 Å². The molecule has 0 bridgehead atoms. The fourth-order valence-electron chi connectivity index (χ4n) is 2.21. The summed E-state index contributed by atoms with van der Waals surface area (Å²) in [4.78, 5) is 29.6. The average Bonchev–Trinajstić information content (AvgIpc) is 2.80. The van der Waals surface area contributed by atoms with Crippen LogP contribution in [-0.4, -0.2) is 33.6 Å². The summed E-state index contributed by atoms with van der Waals surface area (Å²) in [6, 6.07) is 9.36. The molecule has 6 heteroatoms. The molecule has 0 aliphatic carbocycles. The maximum Gasteiger partial charge on any atom is 0.329 e. The fourth-order valence-corrected chi connectivity index (χ4v) is 3.20. The van der Waals surface area contributed by atoms with E-state index < -0.39 is 5.97 Å². The predicted molar refractivity (Wildman–Crippen MR) is 92.7 cm³/mol. The first-order chi connectivity index (χ1) is 11.1. The summed E-state index contributed by atoms with van der Waals surface area (Å²) < 4.78 is 0. The van der Waals surface area contributed by atoms with Crippen LogP contribution in [0.1, 0.15) is 32.6 Å². The van der Waals surface area contributed by atoms with Crippen LogP contribution in [0.15, 0.2) is 46.3 Å². The maximum atomic E-state index is 12.4. The van der Waals surface area contributed by atoms with Gasteiger partial charge in [-0.2, -0.15) is 0 Å². The summed E-state index contributed by atoms with van der Waals surface area (Å²) in [5.74, 6) is -1.39. The molecule has 0 saturated carbocycles. The predicted octanol–water partition coefficient (Wildman–Crippen LogP) is 3.80. The molecule has 0 unspecified atom stereocenters. The van der Waals surface area contributed by atoms with Crippen molar-refractivity contribution in [1.82, 2.24) is 4.90 Å². The molecular formula is C17H20N2O3S. The molecule has 2 rings (SSSR count). The second-order valence-electron chi connectivity index (χ2n) is 5.20. The van der Waals surface area contributed by atoms with Crippen LogP contribution in [0.25, 0.3) is 0 Å². The van der Waals surface area contributed by atoms with Gasteiger partial charge >= 0.3 is 5.97 Å². The first kappa shape index (κ1) is 17.3. The number of aliphatic carboxylic acids is 1. The third kappa shape index (κ3) is 4.96. The van der Waals surface area contributed by atoms with E-state index in [0.29, 0.717) is 11.7 Å². The van der Waals surface area contributed by atoms with Crippen molar-refractivity contribution in [2.45, 2.75) is 32.6 Å². The average molecular weight is 332 g/mol. The molecule has 5 nitrogen and oxygen atoms in total. The Hall–Kier alpha value is -2.08. The number of hydrogen-bond acceptors (Lipinski definition) is 4. The number of amidine groups is 1. The monoisotopic (exact) mass is 332 g/mol. The molecule has 122 valence electrons. The van der Waals surface area contributed by atoms with Crippen molar-refractivity contribution >= 4 is 34.5 Å². The molecule has 1 amide bonds. The molecule has 23 heavy (non-hydrogen) atoms. The van der Waals surface area contributed by atoms with Gasteiger partial charge in [-0.25, -0.2) is 9.79 Å². The van der Waals surface area contributed by atoms with Gasteiger partial charge in [-0.3, -0.25) is 9.69 Å². The fraction of sp³-hybridized carbons (Fsp3) is 0.353. The van der Waals surface area contributed by atoms with Gasteiger partial charge in [0.05, 0.1) is 10.6 Å². The molecule has 1 fully saturated rings. The molecule has 1 aromatic carbocycles. The van der Waals surface area contributed by atoms with E-state index in [1.165, 1.54) is 0 Å². The molecule has 1 aliphatic rings. The zero-order valence-corrected chi connectivity index (χ0v) is 13.9. The largest absolute Gasteiger partial charge is 0.478 e. The lowest BCUT2D eigenvalue weighted by atomic mass is 10.2. The van der Waals surface area contributed by atoms with Crippen LogP contribution in [0.4, 0.5) is 5.69 Å². The van der Waals surface area contributed by atoms with Crippen molar-refractivity contribution in [3.05, 3.63) is 41.3 Å². The minimum absolute atomic E-state index is 0.211. The number of hydrogen-bond donors (Lipinski definition) is 1. The number of thioether (sulfide) groups is 1. The highest BCUT2D eigenvalue weighted by Crippen LogP contribution is 2.32. The minimum Gasteiger partial charge on any atom is -0.478 e. The summed E-state index contributed by atoms with van der Waals surface area (Å²) >= 11 is 1.12. The molecule has 0 spiro atoms. The molecule has 1 aliphatic heterocycles. The topological polar surface area (TPSA) is 70.0 Å². The van der Waals surface area contributed by atoms with Crippen LogP contribution in [-0.2, 0) is 9.59 Å². The minimum atomic E-state index is -1.12. The Balaban J connectivity index is 2.20. The zero-order valence-electron chi connectivity index (χ0n) is 13.1. The zero-order chi connectivity index (χ0) is 16.7. The van der Waals surface area contributed by atoms with Gasteiger partial charge in [0.25, 0.3) is 5.91 Å². The summed E-state index contributed by atoms with van der Waals surface area (Å²) in [6.45, 7) is 2.70. The van der Waals surface area contributed by atoms with Gasteiger partial charge in [0, 0.05) is 12.6 Å². The second kappa shape index (κ2) is 8.53. The van der Waals surface area contributed by atoms with Gasteiger partial charge in [0.15, 0.2) is 5.17 Å². The van der Waals surface area contributed by atoms with Crippen molar-refractivity contribution in [1.29, 1.82) is 0 Å². The van der Waals surface area contributed by atoms with Gasteiger partial charge in [-0.05, 0) is 30.3 Å². The SMILES string of the molecule is CCCCCCN1C(=O)/C(=C/C(=O)O)SC1=Nc1ccccc1. The number of carbonyl (C=O) groups is 2.